The van der Waals surface area contributed by atoms with Crippen LogP contribution in [0.4, 0.5) is 0 Å². The molecule has 1 amide bonds. The van der Waals surface area contributed by atoms with Crippen LogP contribution in [0.3, 0.4) is 0 Å². The van der Waals surface area contributed by atoms with Crippen molar-refractivity contribution >= 4 is 12.0 Å². The van der Waals surface area contributed by atoms with Crippen LogP contribution < -0.4 is 0 Å². The Labute approximate surface area is 117 Å². The highest BCUT2D eigenvalue weighted by molar-refractivity contribution is 5.98. The quantitative estimate of drug-likeness (QED) is 0.769. The third-order valence-corrected chi connectivity index (χ3v) is 3.07. The summed E-state index contributed by atoms with van der Waals surface area (Å²) in [7, 11) is 0. The summed E-state index contributed by atoms with van der Waals surface area (Å²) in [4.78, 5) is 14.6. The molecule has 0 bridgehead atoms. The van der Waals surface area contributed by atoms with Crippen molar-refractivity contribution in [2.45, 2.75) is 53.1 Å². The zero-order chi connectivity index (χ0) is 14.4. The first kappa shape index (κ1) is 15.5. The zero-order valence-electron chi connectivity index (χ0n) is 12.7. The fourth-order valence-electron chi connectivity index (χ4n) is 2.29. The third kappa shape index (κ3) is 3.95. The fraction of sp³-hybridized carbons (Fsp3) is 0.471. The molecule has 0 aromatic heterocycles. The molecule has 0 aliphatic heterocycles. The van der Waals surface area contributed by atoms with Crippen molar-refractivity contribution in [3.63, 3.8) is 0 Å². The smallest absolute Gasteiger partial charge is 0.254 e. The van der Waals surface area contributed by atoms with Gasteiger partial charge in [0.25, 0.3) is 5.91 Å². The molecule has 0 radical (unpaired) electrons. The van der Waals surface area contributed by atoms with Crippen molar-refractivity contribution in [3.8, 4) is 0 Å². The predicted octanol–water partition coefficient (Wildman–Crippen LogP) is 4.37. The molecule has 1 rings (SSSR count). The van der Waals surface area contributed by atoms with E-state index in [0.29, 0.717) is 0 Å². The lowest BCUT2D eigenvalue weighted by molar-refractivity contribution is 0.0643. The van der Waals surface area contributed by atoms with Crippen molar-refractivity contribution in [1.82, 2.24) is 4.90 Å². The van der Waals surface area contributed by atoms with E-state index in [4.69, 9.17) is 0 Å². The van der Waals surface area contributed by atoms with Gasteiger partial charge in [0.2, 0.25) is 0 Å². The first-order valence-corrected chi connectivity index (χ1v) is 7.07. The second kappa shape index (κ2) is 7.13. The molecule has 19 heavy (non-hydrogen) atoms. The molecule has 0 spiro atoms. The lowest BCUT2D eigenvalue weighted by atomic mass is 10.0. The molecule has 0 unspecified atom stereocenters. The molecule has 0 saturated carbocycles. The van der Waals surface area contributed by atoms with E-state index in [-0.39, 0.29) is 18.0 Å². The normalized spacial score (nSPS) is 11.5. The summed E-state index contributed by atoms with van der Waals surface area (Å²) in [5.74, 6) is 0.112. The Hall–Kier alpha value is -1.57. The van der Waals surface area contributed by atoms with Crippen LogP contribution in [0.15, 0.2) is 30.3 Å². The molecule has 0 aliphatic carbocycles. The number of allylic oxidation sites excluding steroid dienone is 1. The minimum atomic E-state index is 0.112. The number of benzene rings is 1. The van der Waals surface area contributed by atoms with Crippen LogP contribution in [0, 0.1) is 0 Å². The van der Waals surface area contributed by atoms with Crippen LogP contribution >= 0.6 is 0 Å². The molecule has 0 saturated heterocycles. The number of rotatable bonds is 5. The first-order chi connectivity index (χ1) is 8.99. The Bertz CT molecular complexity index is 438. The van der Waals surface area contributed by atoms with Crippen LogP contribution in [0.1, 0.15) is 57.0 Å². The van der Waals surface area contributed by atoms with Crippen molar-refractivity contribution in [2.75, 3.05) is 0 Å². The van der Waals surface area contributed by atoms with Gasteiger partial charge in [0.1, 0.15) is 0 Å². The average molecular weight is 259 g/mol. The number of nitrogens with zero attached hydrogens (tertiary/aromatic N) is 1. The maximum absolute atomic E-state index is 12.7. The minimum Gasteiger partial charge on any atom is -0.334 e. The standard InChI is InChI=1S/C17H25NO/c1-6-7-10-15-11-8-9-12-16(15)17(19)18(13(2)3)14(4)5/h7-14H,6H2,1-5H3/b10-7+. The van der Waals surface area contributed by atoms with Gasteiger partial charge in [-0.15, -0.1) is 0 Å². The monoisotopic (exact) mass is 259 g/mol. The van der Waals surface area contributed by atoms with E-state index in [0.717, 1.165) is 17.5 Å². The SMILES string of the molecule is CC/C=C/c1ccccc1C(=O)N(C(C)C)C(C)C. The van der Waals surface area contributed by atoms with E-state index < -0.39 is 0 Å². The number of carbonyl (C=O) groups is 1. The summed E-state index contributed by atoms with van der Waals surface area (Å²) >= 11 is 0. The van der Waals surface area contributed by atoms with E-state index in [1.165, 1.54) is 0 Å². The van der Waals surface area contributed by atoms with Gasteiger partial charge in [-0.3, -0.25) is 4.79 Å². The second-order valence-corrected chi connectivity index (χ2v) is 5.30. The summed E-state index contributed by atoms with van der Waals surface area (Å²) in [6, 6.07) is 8.22. The third-order valence-electron chi connectivity index (χ3n) is 3.07. The lowest BCUT2D eigenvalue weighted by Crippen LogP contribution is -2.42. The number of amides is 1. The van der Waals surface area contributed by atoms with Gasteiger partial charge in [-0.2, -0.15) is 0 Å². The Balaban J connectivity index is 3.14. The molecule has 0 atom stereocenters. The summed E-state index contributed by atoms with van der Waals surface area (Å²) < 4.78 is 0. The molecule has 1 aromatic rings. The fourth-order valence-corrected chi connectivity index (χ4v) is 2.29. The first-order valence-electron chi connectivity index (χ1n) is 7.07. The van der Waals surface area contributed by atoms with Gasteiger partial charge in [-0.05, 0) is 45.7 Å². The van der Waals surface area contributed by atoms with Gasteiger partial charge in [-0.1, -0.05) is 37.3 Å². The van der Waals surface area contributed by atoms with Gasteiger partial charge >= 0.3 is 0 Å². The van der Waals surface area contributed by atoms with Crippen LogP contribution in [-0.2, 0) is 0 Å². The molecular formula is C17H25NO. The van der Waals surface area contributed by atoms with Crippen LogP contribution in [0.25, 0.3) is 6.08 Å². The number of hydrogen-bond acceptors (Lipinski definition) is 1. The highest BCUT2D eigenvalue weighted by Gasteiger charge is 2.22. The predicted molar refractivity (Wildman–Crippen MR) is 82.2 cm³/mol. The number of hydrogen-bond donors (Lipinski definition) is 0. The molecule has 2 nitrogen and oxygen atoms in total. The molecule has 104 valence electrons. The van der Waals surface area contributed by atoms with E-state index in [2.05, 4.69) is 40.7 Å². The van der Waals surface area contributed by atoms with Crippen molar-refractivity contribution in [1.29, 1.82) is 0 Å². The summed E-state index contributed by atoms with van der Waals surface area (Å²) in [6.07, 6.45) is 5.09. The second-order valence-electron chi connectivity index (χ2n) is 5.30. The Morgan fingerprint density at radius 1 is 1.16 bits per heavy atom. The molecule has 0 fully saturated rings. The summed E-state index contributed by atoms with van der Waals surface area (Å²) in [5.41, 5.74) is 1.79. The van der Waals surface area contributed by atoms with Gasteiger partial charge < -0.3 is 4.90 Å². The van der Waals surface area contributed by atoms with Crippen LogP contribution in [0.5, 0.6) is 0 Å². The van der Waals surface area contributed by atoms with Crippen LogP contribution in [0.2, 0.25) is 0 Å². The van der Waals surface area contributed by atoms with E-state index in [9.17, 15) is 4.79 Å². The lowest BCUT2D eigenvalue weighted by Gasteiger charge is -2.31. The average Bonchev–Trinajstić information content (AvgIpc) is 2.35. The van der Waals surface area contributed by atoms with E-state index in [1.54, 1.807) is 0 Å². The van der Waals surface area contributed by atoms with E-state index in [1.807, 2.05) is 35.2 Å². The van der Waals surface area contributed by atoms with Crippen molar-refractivity contribution < 1.29 is 4.79 Å². The Morgan fingerprint density at radius 3 is 2.26 bits per heavy atom. The largest absolute Gasteiger partial charge is 0.334 e. The Morgan fingerprint density at radius 2 is 1.74 bits per heavy atom. The minimum absolute atomic E-state index is 0.112. The van der Waals surface area contributed by atoms with Crippen molar-refractivity contribution in [2.24, 2.45) is 0 Å². The van der Waals surface area contributed by atoms with Crippen molar-refractivity contribution in [3.05, 3.63) is 41.5 Å². The highest BCUT2D eigenvalue weighted by atomic mass is 16.2. The molecule has 0 N–H and O–H groups in total. The maximum Gasteiger partial charge on any atom is 0.254 e. The maximum atomic E-state index is 12.7. The van der Waals surface area contributed by atoms with E-state index >= 15 is 0 Å². The summed E-state index contributed by atoms with van der Waals surface area (Å²) in [6.45, 7) is 10.3. The molecule has 0 heterocycles. The zero-order valence-corrected chi connectivity index (χ0v) is 12.7. The van der Waals surface area contributed by atoms with Gasteiger partial charge in [-0.25, -0.2) is 0 Å². The van der Waals surface area contributed by atoms with Crippen LogP contribution in [-0.4, -0.2) is 22.9 Å². The topological polar surface area (TPSA) is 20.3 Å². The number of carbonyl (C=O) groups excluding carboxylic acids is 1. The van der Waals surface area contributed by atoms with Gasteiger partial charge in [0.15, 0.2) is 0 Å². The summed E-state index contributed by atoms with van der Waals surface area (Å²) in [5, 5.41) is 0. The van der Waals surface area contributed by atoms with Gasteiger partial charge in [0, 0.05) is 17.6 Å². The molecule has 1 aromatic carbocycles. The molecule has 2 heteroatoms. The van der Waals surface area contributed by atoms with Gasteiger partial charge in [0.05, 0.1) is 0 Å². The molecule has 0 aliphatic rings. The Kier molecular flexibility index (Phi) is 5.81. The molecular weight excluding hydrogens is 234 g/mol. The highest BCUT2D eigenvalue weighted by Crippen LogP contribution is 2.17.